The van der Waals surface area contributed by atoms with Crippen LogP contribution in [0.4, 0.5) is 0 Å². The highest BCUT2D eigenvalue weighted by atomic mass is 16.5. The molecule has 0 radical (unpaired) electrons. The first-order valence-corrected chi connectivity index (χ1v) is 6.58. The Labute approximate surface area is 103 Å². The van der Waals surface area contributed by atoms with Crippen LogP contribution >= 0.6 is 0 Å². The van der Waals surface area contributed by atoms with Crippen molar-refractivity contribution in [3.8, 4) is 5.88 Å². The van der Waals surface area contributed by atoms with Crippen molar-refractivity contribution in [2.45, 2.75) is 51.7 Å². The Bertz CT molecular complexity index is 320. The number of aromatic nitrogens is 2. The van der Waals surface area contributed by atoms with E-state index in [1.807, 2.05) is 12.1 Å². The van der Waals surface area contributed by atoms with Gasteiger partial charge < -0.3 is 10.1 Å². The number of ether oxygens (including phenoxy) is 1. The van der Waals surface area contributed by atoms with Gasteiger partial charge in [0.15, 0.2) is 0 Å². The molecule has 1 aliphatic rings. The molecule has 1 saturated carbocycles. The third-order valence-electron chi connectivity index (χ3n) is 3.02. The van der Waals surface area contributed by atoms with E-state index in [0.29, 0.717) is 12.0 Å². The normalized spacial score (nSPS) is 16.3. The van der Waals surface area contributed by atoms with Crippen LogP contribution in [-0.2, 0) is 6.54 Å². The topological polar surface area (TPSA) is 47.0 Å². The maximum Gasteiger partial charge on any atom is 0.233 e. The summed E-state index contributed by atoms with van der Waals surface area (Å²) in [7, 11) is 0. The quantitative estimate of drug-likeness (QED) is 0.769. The molecule has 1 aromatic rings. The fraction of sp³-hybridized carbons (Fsp3) is 0.692. The molecule has 1 N–H and O–H groups in total. The van der Waals surface area contributed by atoms with Gasteiger partial charge in [-0.2, -0.15) is 5.10 Å². The summed E-state index contributed by atoms with van der Waals surface area (Å²) in [6.07, 6.45) is 6.35. The highest BCUT2D eigenvalue weighted by Gasteiger charge is 2.16. The van der Waals surface area contributed by atoms with Crippen LogP contribution < -0.4 is 10.1 Å². The zero-order valence-electron chi connectivity index (χ0n) is 10.5. The van der Waals surface area contributed by atoms with Gasteiger partial charge in [0.05, 0.1) is 5.69 Å². The number of rotatable bonds is 6. The van der Waals surface area contributed by atoms with Gasteiger partial charge in [0.25, 0.3) is 0 Å². The molecular weight excluding hydrogens is 214 g/mol. The molecule has 1 aromatic heterocycles. The fourth-order valence-corrected chi connectivity index (χ4v) is 2.07. The fourth-order valence-electron chi connectivity index (χ4n) is 2.07. The molecule has 94 valence electrons. The second-order valence-electron chi connectivity index (χ2n) is 4.56. The van der Waals surface area contributed by atoms with Gasteiger partial charge in [0, 0.05) is 12.6 Å². The summed E-state index contributed by atoms with van der Waals surface area (Å²) in [6, 6.07) is 3.91. The first kappa shape index (κ1) is 12.3. The highest BCUT2D eigenvalue weighted by Crippen LogP contribution is 2.22. The Morgan fingerprint density at radius 1 is 1.29 bits per heavy atom. The van der Waals surface area contributed by atoms with Crippen LogP contribution in [0.3, 0.4) is 0 Å². The monoisotopic (exact) mass is 235 g/mol. The third-order valence-corrected chi connectivity index (χ3v) is 3.02. The van der Waals surface area contributed by atoms with E-state index in [-0.39, 0.29) is 0 Å². The van der Waals surface area contributed by atoms with Crippen LogP contribution in [0.5, 0.6) is 5.88 Å². The number of nitrogens with zero attached hydrogens (tertiary/aromatic N) is 2. The lowest BCUT2D eigenvalue weighted by Gasteiger charge is -2.11. The van der Waals surface area contributed by atoms with Crippen LogP contribution in [0.1, 0.15) is 44.7 Å². The second kappa shape index (κ2) is 6.55. The Hall–Kier alpha value is -1.16. The van der Waals surface area contributed by atoms with Crippen molar-refractivity contribution in [3.05, 3.63) is 17.8 Å². The molecule has 0 saturated heterocycles. The third kappa shape index (κ3) is 3.97. The molecule has 1 heterocycles. The molecule has 0 unspecified atom stereocenters. The maximum atomic E-state index is 5.76. The summed E-state index contributed by atoms with van der Waals surface area (Å²) in [6.45, 7) is 3.95. The average Bonchev–Trinajstić information content (AvgIpc) is 2.85. The Morgan fingerprint density at radius 2 is 2.12 bits per heavy atom. The second-order valence-corrected chi connectivity index (χ2v) is 4.56. The van der Waals surface area contributed by atoms with Crippen molar-refractivity contribution >= 4 is 0 Å². The number of hydrogen-bond donors (Lipinski definition) is 1. The summed E-state index contributed by atoms with van der Waals surface area (Å²) >= 11 is 0. The van der Waals surface area contributed by atoms with Crippen molar-refractivity contribution in [2.75, 3.05) is 6.54 Å². The molecule has 0 bridgehead atoms. The molecule has 0 aromatic carbocycles. The molecule has 4 nitrogen and oxygen atoms in total. The number of hydrogen-bond acceptors (Lipinski definition) is 4. The molecule has 0 spiro atoms. The van der Waals surface area contributed by atoms with E-state index in [4.69, 9.17) is 4.74 Å². The van der Waals surface area contributed by atoms with Gasteiger partial charge in [0.1, 0.15) is 6.10 Å². The molecular formula is C13H21N3O. The highest BCUT2D eigenvalue weighted by molar-refractivity contribution is 5.11. The minimum atomic E-state index is 0.355. The van der Waals surface area contributed by atoms with E-state index in [2.05, 4.69) is 22.4 Å². The lowest BCUT2D eigenvalue weighted by molar-refractivity contribution is 0.199. The van der Waals surface area contributed by atoms with E-state index < -0.39 is 0 Å². The van der Waals surface area contributed by atoms with Gasteiger partial charge in [-0.3, -0.25) is 0 Å². The van der Waals surface area contributed by atoms with Gasteiger partial charge in [-0.25, -0.2) is 0 Å². The molecule has 1 fully saturated rings. The molecule has 0 amide bonds. The molecule has 1 aliphatic carbocycles. The zero-order chi connectivity index (χ0) is 11.9. The van der Waals surface area contributed by atoms with Gasteiger partial charge in [-0.05, 0) is 44.7 Å². The Balaban J connectivity index is 1.80. The first-order chi connectivity index (χ1) is 8.38. The van der Waals surface area contributed by atoms with Gasteiger partial charge in [-0.1, -0.05) is 6.92 Å². The van der Waals surface area contributed by atoms with Crippen LogP contribution in [0.15, 0.2) is 12.1 Å². The minimum Gasteiger partial charge on any atom is -0.473 e. The van der Waals surface area contributed by atoms with Gasteiger partial charge >= 0.3 is 0 Å². The largest absolute Gasteiger partial charge is 0.473 e. The van der Waals surface area contributed by atoms with Crippen molar-refractivity contribution in [3.63, 3.8) is 0 Å². The predicted molar refractivity (Wildman–Crippen MR) is 66.9 cm³/mol. The van der Waals surface area contributed by atoms with E-state index in [0.717, 1.165) is 38.0 Å². The lowest BCUT2D eigenvalue weighted by atomic mass is 10.3. The SMILES string of the molecule is CCCNCc1ccc(OC2CCCC2)nn1. The summed E-state index contributed by atoms with van der Waals surface area (Å²) in [5, 5.41) is 11.6. The van der Waals surface area contributed by atoms with E-state index >= 15 is 0 Å². The van der Waals surface area contributed by atoms with Crippen molar-refractivity contribution in [1.82, 2.24) is 15.5 Å². The molecule has 17 heavy (non-hydrogen) atoms. The lowest BCUT2D eigenvalue weighted by Crippen LogP contribution is -2.16. The smallest absolute Gasteiger partial charge is 0.233 e. The summed E-state index contributed by atoms with van der Waals surface area (Å²) < 4.78 is 5.76. The molecule has 0 atom stereocenters. The minimum absolute atomic E-state index is 0.355. The summed E-state index contributed by atoms with van der Waals surface area (Å²) in [5.41, 5.74) is 0.970. The Kier molecular flexibility index (Phi) is 4.74. The summed E-state index contributed by atoms with van der Waals surface area (Å²) in [4.78, 5) is 0. The van der Waals surface area contributed by atoms with Crippen LogP contribution in [0.2, 0.25) is 0 Å². The van der Waals surface area contributed by atoms with Gasteiger partial charge in [0.2, 0.25) is 5.88 Å². The van der Waals surface area contributed by atoms with Crippen molar-refractivity contribution in [2.24, 2.45) is 0 Å². The Morgan fingerprint density at radius 3 is 2.76 bits per heavy atom. The van der Waals surface area contributed by atoms with Gasteiger partial charge in [-0.15, -0.1) is 5.10 Å². The zero-order valence-corrected chi connectivity index (χ0v) is 10.5. The predicted octanol–water partition coefficient (Wildman–Crippen LogP) is 2.30. The standard InChI is InChI=1S/C13H21N3O/c1-2-9-14-10-11-7-8-13(16-15-11)17-12-5-3-4-6-12/h7-8,12,14H,2-6,9-10H2,1H3. The molecule has 0 aliphatic heterocycles. The van der Waals surface area contributed by atoms with Crippen molar-refractivity contribution in [1.29, 1.82) is 0 Å². The van der Waals surface area contributed by atoms with Crippen LogP contribution in [0, 0.1) is 0 Å². The molecule has 2 rings (SSSR count). The van der Waals surface area contributed by atoms with E-state index in [1.54, 1.807) is 0 Å². The van der Waals surface area contributed by atoms with E-state index in [9.17, 15) is 0 Å². The van der Waals surface area contributed by atoms with Crippen LogP contribution in [0.25, 0.3) is 0 Å². The first-order valence-electron chi connectivity index (χ1n) is 6.58. The summed E-state index contributed by atoms with van der Waals surface area (Å²) in [5.74, 6) is 0.663. The van der Waals surface area contributed by atoms with Crippen LogP contribution in [-0.4, -0.2) is 22.8 Å². The average molecular weight is 235 g/mol. The molecule has 4 heteroatoms. The maximum absolute atomic E-state index is 5.76. The van der Waals surface area contributed by atoms with Crippen molar-refractivity contribution < 1.29 is 4.74 Å². The number of nitrogens with one attached hydrogen (secondary N) is 1. The van der Waals surface area contributed by atoms with E-state index in [1.165, 1.54) is 12.8 Å².